The highest BCUT2D eigenvalue weighted by molar-refractivity contribution is 5.92. The van der Waals surface area contributed by atoms with Crippen molar-refractivity contribution in [1.82, 2.24) is 4.90 Å². The minimum absolute atomic E-state index is 0.0531. The third-order valence-corrected chi connectivity index (χ3v) is 4.81. The fourth-order valence-corrected chi connectivity index (χ4v) is 3.46. The van der Waals surface area contributed by atoms with Crippen molar-refractivity contribution in [3.8, 4) is 5.75 Å². The SMILES string of the molecule is CCOc1ccc(N(CCC(=O)N2CCCCC2CC)C(C)=O)cc1. The summed E-state index contributed by atoms with van der Waals surface area (Å²) in [5.74, 6) is 0.885. The Morgan fingerprint density at radius 2 is 1.92 bits per heavy atom. The van der Waals surface area contributed by atoms with Crippen molar-refractivity contribution in [2.45, 2.75) is 58.9 Å². The summed E-state index contributed by atoms with van der Waals surface area (Å²) in [6, 6.07) is 7.81. The fraction of sp³-hybridized carbons (Fsp3) is 0.600. The third kappa shape index (κ3) is 5.21. The van der Waals surface area contributed by atoms with E-state index in [0.29, 0.717) is 25.6 Å². The Morgan fingerprint density at radius 3 is 2.52 bits per heavy atom. The van der Waals surface area contributed by atoms with Gasteiger partial charge in [0.25, 0.3) is 0 Å². The number of piperidine rings is 1. The maximum atomic E-state index is 12.6. The molecule has 2 rings (SSSR count). The van der Waals surface area contributed by atoms with Gasteiger partial charge in [0.1, 0.15) is 5.75 Å². The van der Waals surface area contributed by atoms with Crippen molar-refractivity contribution < 1.29 is 14.3 Å². The van der Waals surface area contributed by atoms with Crippen LogP contribution in [-0.4, -0.2) is 42.5 Å². The predicted molar refractivity (Wildman–Crippen MR) is 99.9 cm³/mol. The quantitative estimate of drug-likeness (QED) is 0.758. The van der Waals surface area contributed by atoms with Gasteiger partial charge >= 0.3 is 0 Å². The molecule has 2 amide bonds. The number of hydrogen-bond acceptors (Lipinski definition) is 3. The lowest BCUT2D eigenvalue weighted by Crippen LogP contribution is -2.44. The van der Waals surface area contributed by atoms with Gasteiger partial charge in [0, 0.05) is 38.2 Å². The van der Waals surface area contributed by atoms with Gasteiger partial charge in [-0.3, -0.25) is 9.59 Å². The molecule has 1 aliphatic rings. The van der Waals surface area contributed by atoms with E-state index in [1.54, 1.807) is 4.90 Å². The molecule has 1 atom stereocenters. The zero-order valence-corrected chi connectivity index (χ0v) is 15.7. The predicted octanol–water partition coefficient (Wildman–Crippen LogP) is 3.62. The van der Waals surface area contributed by atoms with Crippen LogP contribution in [0.1, 0.15) is 52.9 Å². The number of carbonyl (C=O) groups excluding carboxylic acids is 2. The Bertz CT molecular complexity index is 571. The summed E-state index contributed by atoms with van der Waals surface area (Å²) >= 11 is 0. The molecule has 1 saturated heterocycles. The average Bonchev–Trinajstić information content (AvgIpc) is 2.63. The monoisotopic (exact) mass is 346 g/mol. The van der Waals surface area contributed by atoms with E-state index in [-0.39, 0.29) is 11.8 Å². The highest BCUT2D eigenvalue weighted by atomic mass is 16.5. The van der Waals surface area contributed by atoms with Crippen LogP contribution in [0, 0.1) is 0 Å². The summed E-state index contributed by atoms with van der Waals surface area (Å²) in [6.07, 6.45) is 4.74. The van der Waals surface area contributed by atoms with Gasteiger partial charge in [0.2, 0.25) is 11.8 Å². The summed E-state index contributed by atoms with van der Waals surface area (Å²) in [5.41, 5.74) is 0.800. The van der Waals surface area contributed by atoms with Crippen molar-refractivity contribution in [1.29, 1.82) is 0 Å². The van der Waals surface area contributed by atoms with E-state index in [4.69, 9.17) is 4.74 Å². The fourth-order valence-electron chi connectivity index (χ4n) is 3.46. The highest BCUT2D eigenvalue weighted by Crippen LogP contribution is 2.22. The van der Waals surface area contributed by atoms with E-state index in [9.17, 15) is 9.59 Å². The molecule has 25 heavy (non-hydrogen) atoms. The normalized spacial score (nSPS) is 17.2. The molecule has 1 aromatic rings. The lowest BCUT2D eigenvalue weighted by Gasteiger charge is -2.35. The Kier molecular flexibility index (Phi) is 7.29. The Hall–Kier alpha value is -2.04. The van der Waals surface area contributed by atoms with Crippen LogP contribution in [0.3, 0.4) is 0 Å². The molecule has 0 aromatic heterocycles. The van der Waals surface area contributed by atoms with Gasteiger partial charge in [-0.2, -0.15) is 0 Å². The van der Waals surface area contributed by atoms with Crippen LogP contribution in [0.2, 0.25) is 0 Å². The molecule has 0 bridgehead atoms. The summed E-state index contributed by atoms with van der Waals surface area (Å²) in [4.78, 5) is 28.3. The van der Waals surface area contributed by atoms with Crippen LogP contribution in [-0.2, 0) is 9.59 Å². The highest BCUT2D eigenvalue weighted by Gasteiger charge is 2.25. The van der Waals surface area contributed by atoms with Crippen LogP contribution in [0.15, 0.2) is 24.3 Å². The molecule has 138 valence electrons. The number of anilines is 1. The summed E-state index contributed by atoms with van der Waals surface area (Å²) in [5, 5.41) is 0. The summed E-state index contributed by atoms with van der Waals surface area (Å²) in [7, 11) is 0. The van der Waals surface area contributed by atoms with E-state index in [0.717, 1.165) is 37.2 Å². The number of ether oxygens (including phenoxy) is 1. The maximum absolute atomic E-state index is 12.6. The minimum atomic E-state index is -0.0531. The first-order chi connectivity index (χ1) is 12.1. The van der Waals surface area contributed by atoms with Crippen molar-refractivity contribution in [3.05, 3.63) is 24.3 Å². The van der Waals surface area contributed by atoms with Gasteiger partial charge in [-0.05, 0) is 56.9 Å². The second kappa shape index (κ2) is 9.44. The molecular weight excluding hydrogens is 316 g/mol. The van der Waals surface area contributed by atoms with E-state index in [1.165, 1.54) is 13.3 Å². The van der Waals surface area contributed by atoms with E-state index < -0.39 is 0 Å². The summed E-state index contributed by atoms with van der Waals surface area (Å²) in [6.45, 7) is 7.48. The van der Waals surface area contributed by atoms with Crippen LogP contribution in [0.25, 0.3) is 0 Å². The Balaban J connectivity index is 1.99. The van der Waals surface area contributed by atoms with Crippen LogP contribution in [0.4, 0.5) is 5.69 Å². The standard InChI is InChI=1S/C20H30N2O3/c1-4-17-8-6-7-14-22(17)20(24)13-15-21(16(3)23)18-9-11-19(12-10-18)25-5-2/h9-12,17H,4-8,13-15H2,1-3H3. The molecule has 5 heteroatoms. The lowest BCUT2D eigenvalue weighted by atomic mass is 9.99. The zero-order chi connectivity index (χ0) is 18.2. The van der Waals surface area contributed by atoms with E-state index in [2.05, 4.69) is 6.92 Å². The van der Waals surface area contributed by atoms with Crippen LogP contribution in [0.5, 0.6) is 5.75 Å². The average molecular weight is 346 g/mol. The Morgan fingerprint density at radius 1 is 1.20 bits per heavy atom. The van der Waals surface area contributed by atoms with E-state index in [1.807, 2.05) is 36.1 Å². The largest absolute Gasteiger partial charge is 0.494 e. The van der Waals surface area contributed by atoms with Crippen LogP contribution < -0.4 is 9.64 Å². The second-order valence-electron chi connectivity index (χ2n) is 6.49. The maximum Gasteiger partial charge on any atom is 0.224 e. The van der Waals surface area contributed by atoms with Gasteiger partial charge in [0.15, 0.2) is 0 Å². The molecule has 5 nitrogen and oxygen atoms in total. The lowest BCUT2D eigenvalue weighted by molar-refractivity contribution is -0.134. The molecule has 1 aromatic carbocycles. The number of likely N-dealkylation sites (tertiary alicyclic amines) is 1. The van der Waals surface area contributed by atoms with Crippen molar-refractivity contribution >= 4 is 17.5 Å². The van der Waals surface area contributed by atoms with Crippen LogP contribution >= 0.6 is 0 Å². The zero-order valence-electron chi connectivity index (χ0n) is 15.7. The first-order valence-electron chi connectivity index (χ1n) is 9.37. The van der Waals surface area contributed by atoms with Gasteiger partial charge in [-0.25, -0.2) is 0 Å². The Labute approximate surface area is 150 Å². The van der Waals surface area contributed by atoms with Gasteiger partial charge in [-0.15, -0.1) is 0 Å². The van der Waals surface area contributed by atoms with Gasteiger partial charge in [-0.1, -0.05) is 6.92 Å². The molecule has 0 radical (unpaired) electrons. The number of rotatable bonds is 7. The molecule has 1 aliphatic heterocycles. The molecule has 0 N–H and O–H groups in total. The minimum Gasteiger partial charge on any atom is -0.494 e. The van der Waals surface area contributed by atoms with Gasteiger partial charge in [0.05, 0.1) is 6.61 Å². The van der Waals surface area contributed by atoms with Gasteiger partial charge < -0.3 is 14.5 Å². The third-order valence-electron chi connectivity index (χ3n) is 4.81. The smallest absolute Gasteiger partial charge is 0.224 e. The first kappa shape index (κ1) is 19.3. The number of amides is 2. The molecule has 0 spiro atoms. The molecule has 0 saturated carbocycles. The number of carbonyl (C=O) groups is 2. The van der Waals surface area contributed by atoms with Crippen molar-refractivity contribution in [2.75, 3.05) is 24.6 Å². The molecule has 1 heterocycles. The number of benzene rings is 1. The molecular formula is C20H30N2O3. The molecule has 1 unspecified atom stereocenters. The second-order valence-corrected chi connectivity index (χ2v) is 6.49. The van der Waals surface area contributed by atoms with Crippen molar-refractivity contribution in [2.24, 2.45) is 0 Å². The number of nitrogens with zero attached hydrogens (tertiary/aromatic N) is 2. The molecule has 0 aliphatic carbocycles. The first-order valence-corrected chi connectivity index (χ1v) is 9.37. The molecule has 1 fully saturated rings. The van der Waals surface area contributed by atoms with E-state index >= 15 is 0 Å². The van der Waals surface area contributed by atoms with Crippen molar-refractivity contribution in [3.63, 3.8) is 0 Å². The number of hydrogen-bond donors (Lipinski definition) is 0. The summed E-state index contributed by atoms with van der Waals surface area (Å²) < 4.78 is 5.44. The topological polar surface area (TPSA) is 49.9 Å².